The minimum Gasteiger partial charge on any atom is -0.345 e. The van der Waals surface area contributed by atoms with Gasteiger partial charge in [0.1, 0.15) is 5.82 Å². The van der Waals surface area contributed by atoms with Gasteiger partial charge in [-0.25, -0.2) is 4.98 Å². The van der Waals surface area contributed by atoms with Gasteiger partial charge in [-0.05, 0) is 25.2 Å². The van der Waals surface area contributed by atoms with Crippen molar-refractivity contribution in [2.24, 2.45) is 5.41 Å². The molecule has 0 radical (unpaired) electrons. The largest absolute Gasteiger partial charge is 0.345 e. The Kier molecular flexibility index (Phi) is 3.64. The van der Waals surface area contributed by atoms with Gasteiger partial charge in [0.2, 0.25) is 0 Å². The van der Waals surface area contributed by atoms with Gasteiger partial charge < -0.3 is 10.3 Å². The maximum atomic E-state index is 4.20. The van der Waals surface area contributed by atoms with Crippen LogP contribution >= 0.6 is 0 Å². The molecule has 0 aromatic carbocycles. The molecule has 1 aromatic heterocycles. The van der Waals surface area contributed by atoms with E-state index in [0.29, 0.717) is 5.41 Å². The molecule has 0 atom stereocenters. The Bertz CT molecular complexity index is 324. The standard InChI is InChI=1S/C13H23N3/c1-11-15-9-12(16-11)8-14-10-13(2)6-4-3-5-7-13/h9,14H,3-8,10H2,1-2H3,(H,15,16). The Morgan fingerprint density at radius 1 is 1.38 bits per heavy atom. The van der Waals surface area contributed by atoms with Gasteiger partial charge in [-0.2, -0.15) is 0 Å². The average molecular weight is 221 g/mol. The third-order valence-electron chi connectivity index (χ3n) is 3.68. The van der Waals surface area contributed by atoms with Gasteiger partial charge in [0.05, 0.1) is 0 Å². The predicted octanol–water partition coefficient (Wildman–Crippen LogP) is 2.78. The van der Waals surface area contributed by atoms with Crippen LogP contribution in [0, 0.1) is 12.3 Å². The smallest absolute Gasteiger partial charge is 0.103 e. The molecule has 1 aromatic rings. The van der Waals surface area contributed by atoms with Crippen molar-refractivity contribution in [1.29, 1.82) is 0 Å². The van der Waals surface area contributed by atoms with Crippen LogP contribution in [0.15, 0.2) is 6.20 Å². The van der Waals surface area contributed by atoms with Crippen molar-refractivity contribution >= 4 is 0 Å². The Hall–Kier alpha value is -0.830. The molecule has 0 unspecified atom stereocenters. The molecule has 16 heavy (non-hydrogen) atoms. The average Bonchev–Trinajstić information content (AvgIpc) is 2.65. The second-order valence-electron chi connectivity index (χ2n) is 5.47. The molecule has 0 amide bonds. The number of rotatable bonds is 4. The Labute approximate surface area is 98.1 Å². The van der Waals surface area contributed by atoms with Crippen LogP contribution in [0.5, 0.6) is 0 Å². The minimum absolute atomic E-state index is 0.521. The molecule has 1 aliphatic carbocycles. The van der Waals surface area contributed by atoms with Crippen molar-refractivity contribution < 1.29 is 0 Å². The highest BCUT2D eigenvalue weighted by molar-refractivity contribution is 4.99. The second kappa shape index (κ2) is 5.00. The van der Waals surface area contributed by atoms with E-state index in [1.165, 1.54) is 37.8 Å². The number of aryl methyl sites for hydroxylation is 1. The summed E-state index contributed by atoms with van der Waals surface area (Å²) in [5.41, 5.74) is 1.71. The molecule has 0 aliphatic heterocycles. The molecular weight excluding hydrogens is 198 g/mol. The lowest BCUT2D eigenvalue weighted by atomic mass is 9.76. The van der Waals surface area contributed by atoms with Crippen LogP contribution < -0.4 is 5.32 Å². The molecule has 1 fully saturated rings. The van der Waals surface area contributed by atoms with Crippen LogP contribution in [0.2, 0.25) is 0 Å². The number of aromatic amines is 1. The summed E-state index contributed by atoms with van der Waals surface area (Å²) in [7, 11) is 0. The molecule has 3 heteroatoms. The predicted molar refractivity (Wildman–Crippen MR) is 66.2 cm³/mol. The van der Waals surface area contributed by atoms with Crippen molar-refractivity contribution in [2.75, 3.05) is 6.54 Å². The summed E-state index contributed by atoms with van der Waals surface area (Å²) in [5, 5.41) is 3.55. The summed E-state index contributed by atoms with van der Waals surface area (Å²) in [5.74, 6) is 1.00. The van der Waals surface area contributed by atoms with Gasteiger partial charge in [0.25, 0.3) is 0 Å². The lowest BCUT2D eigenvalue weighted by Crippen LogP contribution is -2.33. The number of nitrogens with zero attached hydrogens (tertiary/aromatic N) is 1. The summed E-state index contributed by atoms with van der Waals surface area (Å²) in [6.45, 7) is 6.45. The summed E-state index contributed by atoms with van der Waals surface area (Å²) >= 11 is 0. The fourth-order valence-electron chi connectivity index (χ4n) is 2.64. The molecule has 1 heterocycles. The number of hydrogen-bond donors (Lipinski definition) is 2. The molecule has 0 saturated heterocycles. The SMILES string of the molecule is Cc1ncc(CNCC2(C)CCCCC2)[nH]1. The zero-order chi connectivity index (χ0) is 11.4. The summed E-state index contributed by atoms with van der Waals surface area (Å²) in [6, 6.07) is 0. The molecule has 2 N–H and O–H groups in total. The first-order valence-corrected chi connectivity index (χ1v) is 6.39. The normalized spacial score (nSPS) is 19.9. The number of imidazole rings is 1. The lowest BCUT2D eigenvalue weighted by molar-refractivity contribution is 0.207. The fourth-order valence-corrected chi connectivity index (χ4v) is 2.64. The first-order valence-electron chi connectivity index (χ1n) is 6.39. The Morgan fingerprint density at radius 3 is 2.75 bits per heavy atom. The van der Waals surface area contributed by atoms with E-state index in [9.17, 15) is 0 Å². The van der Waals surface area contributed by atoms with Crippen molar-refractivity contribution in [3.63, 3.8) is 0 Å². The van der Waals surface area contributed by atoms with Crippen molar-refractivity contribution in [1.82, 2.24) is 15.3 Å². The molecule has 0 spiro atoms. The van der Waals surface area contributed by atoms with Crippen LogP contribution in [-0.2, 0) is 6.54 Å². The van der Waals surface area contributed by atoms with Crippen LogP contribution in [0.1, 0.15) is 50.5 Å². The van der Waals surface area contributed by atoms with Crippen molar-refractivity contribution in [3.8, 4) is 0 Å². The van der Waals surface area contributed by atoms with E-state index in [2.05, 4.69) is 22.2 Å². The van der Waals surface area contributed by atoms with Crippen LogP contribution in [0.3, 0.4) is 0 Å². The van der Waals surface area contributed by atoms with E-state index in [4.69, 9.17) is 0 Å². The lowest BCUT2D eigenvalue weighted by Gasteiger charge is -2.33. The Morgan fingerprint density at radius 2 is 2.12 bits per heavy atom. The summed E-state index contributed by atoms with van der Waals surface area (Å²) in [4.78, 5) is 7.46. The second-order valence-corrected chi connectivity index (χ2v) is 5.47. The van der Waals surface area contributed by atoms with Gasteiger partial charge >= 0.3 is 0 Å². The molecule has 1 aliphatic rings. The van der Waals surface area contributed by atoms with Crippen LogP contribution in [0.25, 0.3) is 0 Å². The molecular formula is C13H23N3. The number of H-pyrrole nitrogens is 1. The van der Waals surface area contributed by atoms with Crippen molar-refractivity contribution in [3.05, 3.63) is 17.7 Å². The third kappa shape index (κ3) is 3.08. The number of nitrogens with one attached hydrogen (secondary N) is 2. The first kappa shape index (κ1) is 11.6. The molecule has 1 saturated carbocycles. The minimum atomic E-state index is 0.521. The van der Waals surface area contributed by atoms with E-state index in [1.807, 2.05) is 13.1 Å². The van der Waals surface area contributed by atoms with Gasteiger partial charge in [0, 0.05) is 25.0 Å². The quantitative estimate of drug-likeness (QED) is 0.820. The highest BCUT2D eigenvalue weighted by Crippen LogP contribution is 2.34. The summed E-state index contributed by atoms with van der Waals surface area (Å²) < 4.78 is 0. The zero-order valence-electron chi connectivity index (χ0n) is 10.5. The molecule has 0 bridgehead atoms. The monoisotopic (exact) mass is 221 g/mol. The molecule has 2 rings (SSSR count). The first-order chi connectivity index (χ1) is 7.68. The Balaban J connectivity index is 1.74. The van der Waals surface area contributed by atoms with E-state index < -0.39 is 0 Å². The van der Waals surface area contributed by atoms with Gasteiger partial charge in [-0.15, -0.1) is 0 Å². The third-order valence-corrected chi connectivity index (χ3v) is 3.68. The molecule has 90 valence electrons. The van der Waals surface area contributed by atoms with Gasteiger partial charge in [-0.3, -0.25) is 0 Å². The summed E-state index contributed by atoms with van der Waals surface area (Å²) in [6.07, 6.45) is 8.91. The highest BCUT2D eigenvalue weighted by atomic mass is 15.0. The maximum Gasteiger partial charge on any atom is 0.103 e. The number of hydrogen-bond acceptors (Lipinski definition) is 2. The van der Waals surface area contributed by atoms with Gasteiger partial charge in [-0.1, -0.05) is 26.2 Å². The van der Waals surface area contributed by atoms with Crippen molar-refractivity contribution in [2.45, 2.75) is 52.5 Å². The van der Waals surface area contributed by atoms with E-state index in [-0.39, 0.29) is 0 Å². The maximum absolute atomic E-state index is 4.20. The fraction of sp³-hybridized carbons (Fsp3) is 0.769. The topological polar surface area (TPSA) is 40.7 Å². The van der Waals surface area contributed by atoms with E-state index >= 15 is 0 Å². The zero-order valence-corrected chi connectivity index (χ0v) is 10.5. The van der Waals surface area contributed by atoms with E-state index in [0.717, 1.165) is 18.9 Å². The van der Waals surface area contributed by atoms with Gasteiger partial charge in [0.15, 0.2) is 0 Å². The highest BCUT2D eigenvalue weighted by Gasteiger charge is 2.25. The van der Waals surface area contributed by atoms with Crippen LogP contribution in [-0.4, -0.2) is 16.5 Å². The molecule has 3 nitrogen and oxygen atoms in total. The van der Waals surface area contributed by atoms with E-state index in [1.54, 1.807) is 0 Å². The van der Waals surface area contributed by atoms with Crippen LogP contribution in [0.4, 0.5) is 0 Å². The number of aromatic nitrogens is 2.